The molecule has 3 aliphatic rings. The van der Waals surface area contributed by atoms with Crippen LogP contribution in [0.25, 0.3) is 12.2 Å². The summed E-state index contributed by atoms with van der Waals surface area (Å²) in [5.41, 5.74) is 3.01. The van der Waals surface area contributed by atoms with Crippen LogP contribution in [0, 0.1) is 0 Å². The Bertz CT molecular complexity index is 1980. The highest BCUT2D eigenvalue weighted by atomic mass is 16.7. The van der Waals surface area contributed by atoms with Gasteiger partial charge in [0.05, 0.1) is 19.1 Å². The molecule has 56 heavy (non-hydrogen) atoms. The molecule has 3 aliphatic heterocycles. The number of phenols is 3. The summed E-state index contributed by atoms with van der Waals surface area (Å²) in [6.45, 7) is -1.21. The number of ether oxygens (including phenoxy) is 5. The third-order valence-electron chi connectivity index (χ3n) is 10.1. The van der Waals surface area contributed by atoms with Gasteiger partial charge in [-0.1, -0.05) is 36.4 Å². The Morgan fingerprint density at radius 2 is 1.04 bits per heavy atom. The zero-order valence-corrected chi connectivity index (χ0v) is 29.5. The Kier molecular flexibility index (Phi) is 11.4. The normalized spacial score (nSPS) is 31.5. The number of phenolic OH excluding ortho intramolecular Hbond substituents is 3. The summed E-state index contributed by atoms with van der Waals surface area (Å²) in [6.07, 6.45) is -11.7. The second-order valence-electron chi connectivity index (χ2n) is 13.8. The maximum absolute atomic E-state index is 10.8. The van der Waals surface area contributed by atoms with E-state index in [4.69, 9.17) is 23.7 Å². The van der Waals surface area contributed by atoms with E-state index in [1.807, 2.05) is 0 Å². The first-order valence-corrected chi connectivity index (χ1v) is 17.7. The molecule has 0 bridgehead atoms. The van der Waals surface area contributed by atoms with Gasteiger partial charge in [0.2, 0.25) is 12.6 Å². The predicted octanol–water partition coefficient (Wildman–Crippen LogP) is 0.597. The molecule has 0 unspecified atom stereocenters. The topological polar surface area (TPSA) is 269 Å². The highest BCUT2D eigenvalue weighted by molar-refractivity contribution is 5.75. The number of benzene rings is 4. The van der Waals surface area contributed by atoms with Crippen molar-refractivity contribution in [2.24, 2.45) is 0 Å². The predicted molar refractivity (Wildman–Crippen MR) is 194 cm³/mol. The van der Waals surface area contributed by atoms with Crippen LogP contribution in [0.4, 0.5) is 0 Å². The number of aliphatic hydroxyl groups is 8. The van der Waals surface area contributed by atoms with Gasteiger partial charge in [0, 0.05) is 17.7 Å². The van der Waals surface area contributed by atoms with Crippen LogP contribution in [-0.4, -0.2) is 131 Å². The molecule has 0 saturated carbocycles. The summed E-state index contributed by atoms with van der Waals surface area (Å²) in [6, 6.07) is 20.3. The van der Waals surface area contributed by atoms with Crippen LogP contribution in [0.5, 0.6) is 34.5 Å². The van der Waals surface area contributed by atoms with Crippen molar-refractivity contribution >= 4 is 12.2 Å². The molecule has 2 fully saturated rings. The monoisotopic (exact) mass is 778 g/mol. The molecule has 0 spiro atoms. The summed E-state index contributed by atoms with van der Waals surface area (Å²) in [5, 5.41) is 112. The van der Waals surface area contributed by atoms with Crippen molar-refractivity contribution in [2.45, 2.75) is 73.4 Å². The lowest BCUT2D eigenvalue weighted by Crippen LogP contribution is -2.60. The van der Waals surface area contributed by atoms with Crippen LogP contribution in [0.1, 0.15) is 39.8 Å². The van der Waals surface area contributed by atoms with Gasteiger partial charge in [-0.15, -0.1) is 0 Å². The molecule has 7 rings (SSSR count). The smallest absolute Gasteiger partial charge is 0.229 e. The second kappa shape index (κ2) is 16.2. The number of fused-ring (bicyclic) bond motifs is 1. The van der Waals surface area contributed by atoms with Gasteiger partial charge in [0.1, 0.15) is 89.4 Å². The molecule has 2 saturated heterocycles. The van der Waals surface area contributed by atoms with Crippen LogP contribution in [0.3, 0.4) is 0 Å². The van der Waals surface area contributed by atoms with E-state index in [1.165, 1.54) is 24.3 Å². The van der Waals surface area contributed by atoms with E-state index in [0.717, 1.165) is 0 Å². The standard InChI is InChI=1S/C40H42O16/c41-16-28-32(46)34(48)36(50)39(55-28)52-25-7-2-18(3-8-25)1-4-20-11-24(45)15-27-30(20)31(21-12-22(43)14-23(44)13-21)38(54-27)19-5-9-26(10-6-19)53-40-37(51)35(49)33(47)29(17-42)56-40/h1-15,28-29,31-51H,16-17H2/t28-,29-,31+,32-,33-,34+,35+,36-,37-,38-,39-,40-/m1/s1. The van der Waals surface area contributed by atoms with E-state index >= 15 is 0 Å². The highest BCUT2D eigenvalue weighted by Gasteiger charge is 2.46. The fourth-order valence-corrected chi connectivity index (χ4v) is 7.13. The lowest BCUT2D eigenvalue weighted by atomic mass is 9.82. The SMILES string of the molecule is OC[C@H]1O[C@@H](Oc2ccc(C=Cc3cc(O)cc4c3[C@H](c3cc(O)cc(O)c3)[C@@H](c3ccc(O[C@@H]5O[C@H](CO)[C@@H](O)[C@H](O)[C@H]5O)cc3)O4)cc2)[C@H](O)[C@@H](O)[C@@H]1O. The van der Waals surface area contributed by atoms with Gasteiger partial charge in [-0.05, 0) is 64.7 Å². The number of aliphatic hydroxyl groups excluding tert-OH is 8. The minimum absolute atomic E-state index is 0.0897. The average Bonchev–Trinajstić information content (AvgIpc) is 3.57. The van der Waals surface area contributed by atoms with Gasteiger partial charge in [-0.25, -0.2) is 0 Å². The van der Waals surface area contributed by atoms with Crippen molar-refractivity contribution in [3.8, 4) is 34.5 Å². The number of hydrogen-bond donors (Lipinski definition) is 11. The van der Waals surface area contributed by atoms with Crippen LogP contribution >= 0.6 is 0 Å². The Balaban J connectivity index is 1.14. The second-order valence-corrected chi connectivity index (χ2v) is 13.8. The first kappa shape index (κ1) is 39.3. The molecule has 0 aromatic heterocycles. The Labute approximate surface area is 319 Å². The summed E-state index contributed by atoms with van der Waals surface area (Å²) in [4.78, 5) is 0. The maximum atomic E-state index is 10.8. The van der Waals surface area contributed by atoms with Crippen molar-refractivity contribution in [3.63, 3.8) is 0 Å². The molecule has 16 heteroatoms. The number of rotatable bonds is 10. The Morgan fingerprint density at radius 1 is 0.536 bits per heavy atom. The molecule has 0 amide bonds. The molecule has 11 N–H and O–H groups in total. The molecule has 0 aliphatic carbocycles. The maximum Gasteiger partial charge on any atom is 0.229 e. The zero-order chi connectivity index (χ0) is 39.8. The summed E-state index contributed by atoms with van der Waals surface area (Å²) in [5.74, 6) is -0.245. The molecule has 4 aromatic rings. The molecule has 12 atom stereocenters. The Hall–Kier alpha value is -4.98. The van der Waals surface area contributed by atoms with Gasteiger partial charge in [-0.2, -0.15) is 0 Å². The van der Waals surface area contributed by atoms with Crippen LogP contribution in [0.2, 0.25) is 0 Å². The molecule has 0 radical (unpaired) electrons. The van der Waals surface area contributed by atoms with E-state index in [9.17, 15) is 56.2 Å². The van der Waals surface area contributed by atoms with Crippen molar-refractivity contribution < 1.29 is 79.9 Å². The highest BCUT2D eigenvalue weighted by Crippen LogP contribution is 2.53. The molecule has 3 heterocycles. The third kappa shape index (κ3) is 7.85. The third-order valence-corrected chi connectivity index (χ3v) is 10.1. The van der Waals surface area contributed by atoms with E-state index in [0.29, 0.717) is 33.6 Å². The molecular formula is C40H42O16. The average molecular weight is 779 g/mol. The fraction of sp³-hybridized carbons (Fsp3) is 0.350. The van der Waals surface area contributed by atoms with Gasteiger partial charge >= 0.3 is 0 Å². The number of hydrogen-bond acceptors (Lipinski definition) is 16. The minimum Gasteiger partial charge on any atom is -0.508 e. The van der Waals surface area contributed by atoms with Gasteiger partial charge in [0.25, 0.3) is 0 Å². The first-order valence-electron chi connectivity index (χ1n) is 17.7. The first-order chi connectivity index (χ1) is 26.8. The molecule has 298 valence electrons. The molecular weight excluding hydrogens is 736 g/mol. The minimum atomic E-state index is -1.62. The van der Waals surface area contributed by atoms with Crippen molar-refractivity contribution in [1.29, 1.82) is 0 Å². The van der Waals surface area contributed by atoms with E-state index in [1.54, 1.807) is 66.7 Å². The van der Waals surface area contributed by atoms with E-state index in [2.05, 4.69) is 0 Å². The van der Waals surface area contributed by atoms with Crippen LogP contribution in [-0.2, 0) is 9.47 Å². The quantitative estimate of drug-likeness (QED) is 0.0985. The van der Waals surface area contributed by atoms with Crippen molar-refractivity contribution in [2.75, 3.05) is 13.2 Å². The van der Waals surface area contributed by atoms with Gasteiger partial charge in [-0.3, -0.25) is 0 Å². The zero-order valence-electron chi connectivity index (χ0n) is 29.5. The lowest BCUT2D eigenvalue weighted by Gasteiger charge is -2.39. The largest absolute Gasteiger partial charge is 0.508 e. The van der Waals surface area contributed by atoms with E-state index in [-0.39, 0.29) is 28.7 Å². The fourth-order valence-electron chi connectivity index (χ4n) is 7.13. The molecule has 4 aromatic carbocycles. The van der Waals surface area contributed by atoms with Gasteiger partial charge in [0.15, 0.2) is 0 Å². The van der Waals surface area contributed by atoms with Crippen molar-refractivity contribution in [3.05, 3.63) is 107 Å². The summed E-state index contributed by atoms with van der Waals surface area (Å²) in [7, 11) is 0. The molecule has 16 nitrogen and oxygen atoms in total. The summed E-state index contributed by atoms with van der Waals surface area (Å²) >= 11 is 0. The van der Waals surface area contributed by atoms with Crippen molar-refractivity contribution in [1.82, 2.24) is 0 Å². The summed E-state index contributed by atoms with van der Waals surface area (Å²) < 4.78 is 28.8. The van der Waals surface area contributed by atoms with E-state index < -0.39 is 86.6 Å². The Morgan fingerprint density at radius 3 is 1.55 bits per heavy atom. The lowest BCUT2D eigenvalue weighted by molar-refractivity contribution is -0.277. The van der Waals surface area contributed by atoms with Crippen LogP contribution < -0.4 is 14.2 Å². The van der Waals surface area contributed by atoms with Gasteiger partial charge < -0.3 is 79.9 Å². The van der Waals surface area contributed by atoms with Crippen LogP contribution in [0.15, 0.2) is 78.9 Å². The number of aromatic hydroxyl groups is 3.